The van der Waals surface area contributed by atoms with Gasteiger partial charge in [0, 0.05) is 0 Å². The standard InChI is InChI=1S/C15H14N2O4S/c1-21-15(20)11-8-7-10(22-11)14(19)17-12(13(16)18)9-5-3-2-4-6-9/h2-8,12H,1H3,(H2,16,18)(H,17,19). The predicted octanol–water partition coefficient (Wildman–Crippen LogP) is 1.49. The number of hydrogen-bond acceptors (Lipinski definition) is 5. The predicted molar refractivity (Wildman–Crippen MR) is 81.5 cm³/mol. The molecule has 2 amide bonds. The maximum Gasteiger partial charge on any atom is 0.348 e. The Morgan fingerprint density at radius 2 is 1.73 bits per heavy atom. The summed E-state index contributed by atoms with van der Waals surface area (Å²) in [5.41, 5.74) is 5.94. The van der Waals surface area contributed by atoms with Crippen LogP contribution in [0.3, 0.4) is 0 Å². The van der Waals surface area contributed by atoms with Gasteiger partial charge in [-0.05, 0) is 17.7 Å². The third-order valence-corrected chi connectivity index (χ3v) is 3.97. The summed E-state index contributed by atoms with van der Waals surface area (Å²) in [7, 11) is 1.26. The molecule has 0 spiro atoms. The van der Waals surface area contributed by atoms with E-state index in [1.807, 2.05) is 0 Å². The summed E-state index contributed by atoms with van der Waals surface area (Å²) in [5, 5.41) is 2.56. The summed E-state index contributed by atoms with van der Waals surface area (Å²) in [4.78, 5) is 35.7. The lowest BCUT2D eigenvalue weighted by Crippen LogP contribution is -2.37. The van der Waals surface area contributed by atoms with Crippen LogP contribution in [0.5, 0.6) is 0 Å². The molecule has 1 unspecified atom stereocenters. The number of nitrogens with two attached hydrogens (primary N) is 1. The maximum absolute atomic E-state index is 12.2. The number of methoxy groups -OCH3 is 1. The molecule has 2 aromatic rings. The highest BCUT2D eigenvalue weighted by atomic mass is 32.1. The zero-order valence-corrected chi connectivity index (χ0v) is 12.6. The van der Waals surface area contributed by atoms with Crippen molar-refractivity contribution in [3.8, 4) is 0 Å². The van der Waals surface area contributed by atoms with Crippen molar-refractivity contribution in [3.63, 3.8) is 0 Å². The van der Waals surface area contributed by atoms with Crippen LogP contribution < -0.4 is 11.1 Å². The molecule has 6 nitrogen and oxygen atoms in total. The van der Waals surface area contributed by atoms with E-state index < -0.39 is 23.8 Å². The molecule has 0 saturated carbocycles. The number of amides is 2. The van der Waals surface area contributed by atoms with Gasteiger partial charge in [0.05, 0.1) is 12.0 Å². The van der Waals surface area contributed by atoms with Gasteiger partial charge >= 0.3 is 5.97 Å². The van der Waals surface area contributed by atoms with Crippen molar-refractivity contribution in [3.05, 3.63) is 57.8 Å². The highest BCUT2D eigenvalue weighted by Crippen LogP contribution is 2.19. The molecule has 2 rings (SSSR count). The summed E-state index contributed by atoms with van der Waals surface area (Å²) in [6.07, 6.45) is 0. The highest BCUT2D eigenvalue weighted by Gasteiger charge is 2.22. The molecule has 0 aliphatic rings. The Balaban J connectivity index is 2.17. The third kappa shape index (κ3) is 3.50. The summed E-state index contributed by atoms with van der Waals surface area (Å²) >= 11 is 0.984. The lowest BCUT2D eigenvalue weighted by molar-refractivity contribution is -0.120. The third-order valence-electron chi connectivity index (χ3n) is 2.91. The first-order valence-corrected chi connectivity index (χ1v) is 7.18. The number of hydrogen-bond donors (Lipinski definition) is 2. The first kappa shape index (κ1) is 15.7. The number of carbonyl (C=O) groups is 3. The summed E-state index contributed by atoms with van der Waals surface area (Å²) < 4.78 is 4.58. The Morgan fingerprint density at radius 3 is 2.32 bits per heavy atom. The molecule has 3 N–H and O–H groups in total. The fourth-order valence-electron chi connectivity index (χ4n) is 1.84. The second kappa shape index (κ2) is 6.86. The minimum absolute atomic E-state index is 0.294. The Kier molecular flexibility index (Phi) is 4.90. The van der Waals surface area contributed by atoms with Gasteiger partial charge in [0.15, 0.2) is 0 Å². The summed E-state index contributed by atoms with van der Waals surface area (Å²) in [5.74, 6) is -1.66. The second-order valence-corrected chi connectivity index (χ2v) is 5.46. The molecule has 0 bridgehead atoms. The number of carbonyl (C=O) groups excluding carboxylic acids is 3. The average Bonchev–Trinajstić information content (AvgIpc) is 3.02. The Hall–Kier alpha value is -2.67. The summed E-state index contributed by atoms with van der Waals surface area (Å²) in [6.45, 7) is 0. The van der Waals surface area contributed by atoms with Crippen LogP contribution in [0.25, 0.3) is 0 Å². The lowest BCUT2D eigenvalue weighted by Gasteiger charge is -2.15. The van der Waals surface area contributed by atoms with E-state index >= 15 is 0 Å². The molecular formula is C15H14N2O4S. The smallest absolute Gasteiger partial charge is 0.348 e. The molecule has 22 heavy (non-hydrogen) atoms. The molecule has 0 aliphatic heterocycles. The van der Waals surface area contributed by atoms with Crippen LogP contribution in [0.1, 0.15) is 30.9 Å². The SMILES string of the molecule is COC(=O)c1ccc(C(=O)NC(C(N)=O)c2ccccc2)s1. The zero-order valence-electron chi connectivity index (χ0n) is 11.7. The molecule has 0 fully saturated rings. The molecule has 0 aliphatic carbocycles. The number of ether oxygens (including phenoxy) is 1. The van der Waals surface area contributed by atoms with Crippen molar-refractivity contribution in [1.29, 1.82) is 0 Å². The largest absolute Gasteiger partial charge is 0.465 e. The number of rotatable bonds is 5. The van der Waals surface area contributed by atoms with Gasteiger partial charge in [-0.15, -0.1) is 11.3 Å². The van der Waals surface area contributed by atoms with Crippen LogP contribution in [0.4, 0.5) is 0 Å². The van der Waals surface area contributed by atoms with Gasteiger partial charge in [-0.1, -0.05) is 30.3 Å². The zero-order chi connectivity index (χ0) is 16.1. The van der Waals surface area contributed by atoms with Crippen molar-refractivity contribution >= 4 is 29.1 Å². The number of primary amides is 1. The Labute approximate surface area is 130 Å². The molecule has 1 heterocycles. The Bertz CT molecular complexity index is 697. The molecule has 114 valence electrons. The van der Waals surface area contributed by atoms with E-state index in [4.69, 9.17) is 5.73 Å². The number of thiophene rings is 1. The quantitative estimate of drug-likeness (QED) is 0.816. The fraction of sp³-hybridized carbons (Fsp3) is 0.133. The lowest BCUT2D eigenvalue weighted by atomic mass is 10.1. The van der Waals surface area contributed by atoms with Gasteiger partial charge in [0.25, 0.3) is 5.91 Å². The van der Waals surface area contributed by atoms with Gasteiger partial charge in [0.1, 0.15) is 10.9 Å². The molecular weight excluding hydrogens is 304 g/mol. The first-order chi connectivity index (χ1) is 10.5. The van der Waals surface area contributed by atoms with Crippen LogP contribution in [-0.2, 0) is 9.53 Å². The first-order valence-electron chi connectivity index (χ1n) is 6.36. The van der Waals surface area contributed by atoms with Crippen LogP contribution in [0, 0.1) is 0 Å². The van der Waals surface area contributed by atoms with Crippen LogP contribution in [0.2, 0.25) is 0 Å². The number of esters is 1. The van der Waals surface area contributed by atoms with E-state index in [9.17, 15) is 14.4 Å². The molecule has 0 radical (unpaired) electrons. The van der Waals surface area contributed by atoms with Crippen LogP contribution >= 0.6 is 11.3 Å². The van der Waals surface area contributed by atoms with Gasteiger partial charge in [-0.2, -0.15) is 0 Å². The van der Waals surface area contributed by atoms with Crippen LogP contribution in [-0.4, -0.2) is 24.9 Å². The second-order valence-electron chi connectivity index (χ2n) is 4.38. The fourth-order valence-corrected chi connectivity index (χ4v) is 2.66. The minimum Gasteiger partial charge on any atom is -0.465 e. The van der Waals surface area contributed by atoms with Gasteiger partial charge in [0.2, 0.25) is 5.91 Å². The normalized spacial score (nSPS) is 11.5. The van der Waals surface area contributed by atoms with E-state index in [2.05, 4.69) is 10.1 Å². The van der Waals surface area contributed by atoms with E-state index in [1.54, 1.807) is 30.3 Å². The maximum atomic E-state index is 12.2. The molecule has 7 heteroatoms. The Morgan fingerprint density at radius 1 is 1.09 bits per heavy atom. The highest BCUT2D eigenvalue weighted by molar-refractivity contribution is 7.15. The van der Waals surface area contributed by atoms with Gasteiger partial charge < -0.3 is 15.8 Å². The topological polar surface area (TPSA) is 98.5 Å². The molecule has 1 aromatic carbocycles. The molecule has 1 atom stereocenters. The molecule has 1 aromatic heterocycles. The van der Waals surface area contributed by atoms with Crippen molar-refractivity contribution < 1.29 is 19.1 Å². The van der Waals surface area contributed by atoms with Gasteiger partial charge in [-0.3, -0.25) is 9.59 Å². The van der Waals surface area contributed by atoms with E-state index in [-0.39, 0.29) is 0 Å². The van der Waals surface area contributed by atoms with Crippen molar-refractivity contribution in [1.82, 2.24) is 5.32 Å². The minimum atomic E-state index is -0.933. The average molecular weight is 318 g/mol. The van der Waals surface area contributed by atoms with E-state index in [0.717, 1.165) is 11.3 Å². The van der Waals surface area contributed by atoms with E-state index in [0.29, 0.717) is 15.3 Å². The van der Waals surface area contributed by atoms with Crippen LogP contribution in [0.15, 0.2) is 42.5 Å². The molecule has 0 saturated heterocycles. The summed E-state index contributed by atoms with van der Waals surface area (Å²) in [6, 6.07) is 10.7. The van der Waals surface area contributed by atoms with Crippen molar-refractivity contribution in [2.24, 2.45) is 5.73 Å². The van der Waals surface area contributed by atoms with Crippen molar-refractivity contribution in [2.75, 3.05) is 7.11 Å². The van der Waals surface area contributed by atoms with E-state index in [1.165, 1.54) is 19.2 Å². The number of benzene rings is 1. The van der Waals surface area contributed by atoms with Gasteiger partial charge in [-0.25, -0.2) is 4.79 Å². The van der Waals surface area contributed by atoms with Crippen molar-refractivity contribution in [2.45, 2.75) is 6.04 Å². The number of nitrogens with one attached hydrogen (secondary N) is 1. The monoisotopic (exact) mass is 318 g/mol.